The van der Waals surface area contributed by atoms with E-state index in [4.69, 9.17) is 16.3 Å². The van der Waals surface area contributed by atoms with Crippen molar-refractivity contribution in [2.75, 3.05) is 10.3 Å². The van der Waals surface area contributed by atoms with Crippen LogP contribution in [-0.2, 0) is 43.6 Å². The maximum absolute atomic E-state index is 15.4. The number of carbonyl (C=O) groups is 4. The molecule has 0 aromatic heterocycles. The first-order valence-electron chi connectivity index (χ1n) is 19.9. The first-order chi connectivity index (χ1) is 30.4. The number of amides is 4. The predicted molar refractivity (Wildman–Crippen MR) is 217 cm³/mol. The minimum absolute atomic E-state index is 0.104. The van der Waals surface area contributed by atoms with E-state index in [1.54, 1.807) is 24.3 Å². The molecule has 2 aliphatic heterocycles. The number of aromatic hydroxyl groups is 1. The number of carbonyl (C=O) groups excluding carboxylic acids is 4. The van der Waals surface area contributed by atoms with Crippen LogP contribution in [0.1, 0.15) is 46.6 Å². The molecule has 0 spiro atoms. The highest BCUT2D eigenvalue weighted by Crippen LogP contribution is 2.65. The number of nitrogens with one attached hydrogen (secondary N) is 1. The number of halogens is 8. The van der Waals surface area contributed by atoms with E-state index in [0.717, 1.165) is 22.7 Å². The van der Waals surface area contributed by atoms with Crippen molar-refractivity contribution >= 4 is 46.6 Å². The van der Waals surface area contributed by atoms with Gasteiger partial charge in [0.2, 0.25) is 11.8 Å². The van der Waals surface area contributed by atoms with E-state index in [9.17, 15) is 50.2 Å². The van der Waals surface area contributed by atoms with E-state index >= 15 is 4.79 Å². The van der Waals surface area contributed by atoms with Crippen LogP contribution in [0.2, 0.25) is 5.02 Å². The van der Waals surface area contributed by atoms with Crippen LogP contribution < -0.4 is 15.1 Å². The number of ether oxygens (including phenoxy) is 1. The van der Waals surface area contributed by atoms with Gasteiger partial charge in [0.25, 0.3) is 11.8 Å². The van der Waals surface area contributed by atoms with Gasteiger partial charge in [-0.1, -0.05) is 71.8 Å². The molecule has 0 bridgehead atoms. The van der Waals surface area contributed by atoms with Gasteiger partial charge < -0.3 is 9.84 Å². The maximum atomic E-state index is 15.4. The minimum Gasteiger partial charge on any atom is -0.508 e. The number of hydrazine groups is 1. The zero-order valence-corrected chi connectivity index (χ0v) is 33.7. The van der Waals surface area contributed by atoms with E-state index in [2.05, 4.69) is 5.43 Å². The number of nitrogens with zero attached hydrogens (tertiary/aromatic N) is 2. The van der Waals surface area contributed by atoms with Crippen molar-refractivity contribution in [3.05, 3.63) is 166 Å². The number of hydrogen-bond donors (Lipinski definition) is 2. The van der Waals surface area contributed by atoms with Crippen LogP contribution in [0.5, 0.6) is 11.5 Å². The molecule has 2 aliphatic carbocycles. The number of phenols is 1. The predicted octanol–water partition coefficient (Wildman–Crippen LogP) is 9.99. The number of benzene rings is 5. The molecule has 64 heavy (non-hydrogen) atoms. The van der Waals surface area contributed by atoms with Crippen LogP contribution in [-0.4, -0.2) is 33.7 Å². The van der Waals surface area contributed by atoms with Gasteiger partial charge in [-0.2, -0.15) is 31.4 Å². The fourth-order valence-corrected chi connectivity index (χ4v) is 10.0. The van der Waals surface area contributed by atoms with E-state index in [-0.39, 0.29) is 58.9 Å². The molecule has 2 saturated heterocycles. The Kier molecular flexibility index (Phi) is 10.3. The fraction of sp³-hybridized carbons (Fsp3) is 0.234. The maximum Gasteiger partial charge on any atom is 0.416 e. The van der Waals surface area contributed by atoms with E-state index < -0.39 is 93.6 Å². The lowest BCUT2D eigenvalue weighted by Gasteiger charge is -2.50. The Morgan fingerprint density at radius 2 is 1.42 bits per heavy atom. The van der Waals surface area contributed by atoms with Crippen molar-refractivity contribution in [2.45, 2.75) is 43.1 Å². The Morgan fingerprint density at radius 3 is 2.05 bits per heavy atom. The SMILES string of the molecule is O=C1[C@@H]2C[C@@H]3C(=CC[C@@H]4C(=O)N(c5cc(C(F)(F)F)cc(C(F)(F)F)c5)C(=O)[C@@H]43)[C@H](c3ccc(OCc4ccccc4)cc3O)[C@]2(c2ccc(Cl)cc2)C(=O)N1Nc1ccc(F)cc1. The minimum atomic E-state index is -5.28. The molecular weight excluding hydrogens is 871 g/mol. The molecule has 0 unspecified atom stereocenters. The average Bonchev–Trinajstić information content (AvgIpc) is 3.64. The summed E-state index contributed by atoms with van der Waals surface area (Å²) >= 11 is 6.34. The molecule has 6 atom stereocenters. The Bertz CT molecular complexity index is 2710. The Hall–Kier alpha value is -6.68. The molecule has 17 heteroatoms. The van der Waals surface area contributed by atoms with Crippen LogP contribution in [0.4, 0.5) is 42.1 Å². The lowest BCUT2D eigenvalue weighted by atomic mass is 9.49. The van der Waals surface area contributed by atoms with Gasteiger partial charge in [0.15, 0.2) is 0 Å². The molecule has 3 fully saturated rings. The van der Waals surface area contributed by atoms with Crippen molar-refractivity contribution in [3.8, 4) is 11.5 Å². The van der Waals surface area contributed by atoms with Crippen molar-refractivity contribution < 1.29 is 59.8 Å². The highest BCUT2D eigenvalue weighted by Gasteiger charge is 2.70. The zero-order valence-electron chi connectivity index (χ0n) is 33.0. The summed E-state index contributed by atoms with van der Waals surface area (Å²) in [5.41, 5.74) is -1.83. The van der Waals surface area contributed by atoms with Gasteiger partial charge in [-0.3, -0.25) is 24.6 Å². The molecule has 2 heterocycles. The van der Waals surface area contributed by atoms with Gasteiger partial charge in [-0.15, -0.1) is 0 Å². The first kappa shape index (κ1) is 42.6. The Morgan fingerprint density at radius 1 is 0.766 bits per heavy atom. The number of anilines is 2. The molecule has 9 nitrogen and oxygen atoms in total. The number of imide groups is 2. The second-order valence-corrected chi connectivity index (χ2v) is 16.6. The number of allylic oxidation sites excluding steroid dienone is 2. The molecule has 9 rings (SSSR count). The van der Waals surface area contributed by atoms with Crippen LogP contribution in [0.15, 0.2) is 127 Å². The third-order valence-electron chi connectivity index (χ3n) is 12.6. The lowest BCUT2D eigenvalue weighted by molar-refractivity contribution is -0.143. The van der Waals surface area contributed by atoms with Crippen LogP contribution >= 0.6 is 11.6 Å². The van der Waals surface area contributed by atoms with Crippen molar-refractivity contribution in [2.24, 2.45) is 23.7 Å². The van der Waals surface area contributed by atoms with Gasteiger partial charge in [0, 0.05) is 22.6 Å². The summed E-state index contributed by atoms with van der Waals surface area (Å²) in [5, 5.41) is 13.0. The monoisotopic (exact) mass is 903 g/mol. The van der Waals surface area contributed by atoms with Gasteiger partial charge in [-0.05, 0) is 90.6 Å². The van der Waals surface area contributed by atoms with Gasteiger partial charge in [0.1, 0.15) is 23.9 Å². The third kappa shape index (κ3) is 7.04. The molecule has 5 aromatic rings. The summed E-state index contributed by atoms with van der Waals surface area (Å²) in [4.78, 5) is 59.5. The standard InChI is InChI=1S/C47H33ClF7N3O6/c48-28-8-6-25(7-9-28)45-37(42(61)58(44(45)63)56-30-12-10-29(49)11-13-30)22-36-33(40(45)34-15-14-32(21-38(34)59)64-23-24-4-2-1-3-5-24)16-17-35-39(36)43(62)57(41(35)60)31-19-26(46(50,51)52)18-27(20-31)47(53,54)55/h1-16,18-21,35-37,39-40,56,59H,17,22-23H2/t35-,36+,37-,39-,40+,45+/m0/s1. The van der Waals surface area contributed by atoms with Crippen LogP contribution in [0.3, 0.4) is 0 Å². The highest BCUT2D eigenvalue weighted by molar-refractivity contribution is 6.30. The van der Waals surface area contributed by atoms with Crippen LogP contribution in [0.25, 0.3) is 0 Å². The smallest absolute Gasteiger partial charge is 0.416 e. The quantitative estimate of drug-likeness (QED) is 0.0905. The number of phenolic OH excluding ortho intramolecular Hbond substituents is 1. The number of hydrogen-bond acceptors (Lipinski definition) is 7. The van der Waals surface area contributed by atoms with Crippen molar-refractivity contribution in [1.82, 2.24) is 5.01 Å². The molecule has 1 saturated carbocycles. The van der Waals surface area contributed by atoms with E-state index in [1.165, 1.54) is 36.4 Å². The normalized spacial score (nSPS) is 24.3. The summed E-state index contributed by atoms with van der Waals surface area (Å²) < 4.78 is 104. The van der Waals surface area contributed by atoms with Crippen molar-refractivity contribution in [3.63, 3.8) is 0 Å². The van der Waals surface area contributed by atoms with E-state index in [1.807, 2.05) is 30.3 Å². The lowest BCUT2D eigenvalue weighted by Crippen LogP contribution is -2.53. The molecule has 4 aliphatic rings. The molecule has 5 aromatic carbocycles. The largest absolute Gasteiger partial charge is 0.508 e. The molecule has 328 valence electrons. The topological polar surface area (TPSA) is 116 Å². The summed E-state index contributed by atoms with van der Waals surface area (Å²) in [6, 6.07) is 25.0. The first-order valence-corrected chi connectivity index (χ1v) is 20.3. The fourth-order valence-electron chi connectivity index (χ4n) is 9.92. The second kappa shape index (κ2) is 15.5. The van der Waals surface area contributed by atoms with Gasteiger partial charge >= 0.3 is 12.4 Å². The Balaban J connectivity index is 1.20. The third-order valence-corrected chi connectivity index (χ3v) is 12.9. The average molecular weight is 904 g/mol. The van der Waals surface area contributed by atoms with Gasteiger partial charge in [0.05, 0.1) is 45.7 Å². The molecule has 0 radical (unpaired) electrons. The number of rotatable bonds is 8. The second-order valence-electron chi connectivity index (χ2n) is 16.1. The number of fused-ring (bicyclic) bond motifs is 4. The van der Waals surface area contributed by atoms with E-state index in [0.29, 0.717) is 22.6 Å². The number of alkyl halides is 6. The summed E-state index contributed by atoms with van der Waals surface area (Å²) in [6.45, 7) is 0.121. The summed E-state index contributed by atoms with van der Waals surface area (Å²) in [6.07, 6.45) is -9.50. The van der Waals surface area contributed by atoms with Crippen molar-refractivity contribution in [1.29, 1.82) is 0 Å². The summed E-state index contributed by atoms with van der Waals surface area (Å²) in [7, 11) is 0. The highest BCUT2D eigenvalue weighted by atomic mass is 35.5. The molecule has 4 amide bonds. The summed E-state index contributed by atoms with van der Waals surface area (Å²) in [5.74, 6) is -11.0. The molecule has 2 N–H and O–H groups in total. The zero-order chi connectivity index (χ0) is 45.5. The Labute approximate surface area is 364 Å². The molecular formula is C47H33ClF7N3O6. The van der Waals surface area contributed by atoms with Crippen LogP contribution in [0, 0.1) is 29.5 Å². The van der Waals surface area contributed by atoms with Gasteiger partial charge in [-0.25, -0.2) is 9.29 Å².